The number of phenols is 1. The Morgan fingerprint density at radius 3 is 1.59 bits per heavy atom. The fraction of sp³-hybridized carbons (Fsp3) is 0.0833. The van der Waals surface area contributed by atoms with E-state index in [0.717, 1.165) is 17.8 Å². The van der Waals surface area contributed by atoms with Crippen LogP contribution in [0.4, 0.5) is 56.9 Å². The molecule has 8 rings (SSSR count). The topological polar surface area (TPSA) is 358 Å². The van der Waals surface area contributed by atoms with E-state index in [0.29, 0.717) is 62.6 Å². The number of ether oxygens (including phenoxy) is 1. The van der Waals surface area contributed by atoms with Gasteiger partial charge in [0.15, 0.2) is 5.75 Å². The number of para-hydroxylation sites is 1. The molecule has 23 nitrogen and oxygen atoms in total. The number of nitrogens with one attached hydrogen (secondary N) is 1. The number of fused-ring (bicyclic) bond motifs is 2. The van der Waals surface area contributed by atoms with Crippen molar-refractivity contribution in [3.05, 3.63) is 144 Å². The van der Waals surface area contributed by atoms with Crippen molar-refractivity contribution in [3.8, 4) is 11.5 Å². The molecule has 0 saturated heterocycles. The van der Waals surface area contributed by atoms with E-state index >= 15 is 0 Å². The largest absolute Gasteiger partial charge is 0.505 e. The summed E-state index contributed by atoms with van der Waals surface area (Å²) in [6.45, 7) is 5.24. The van der Waals surface area contributed by atoms with Crippen LogP contribution >= 0.6 is 0 Å². The number of phenolic OH excluding ortho intramolecular Hbond substituents is 1. The molecule has 0 radical (unpaired) electrons. The molecule has 75 heavy (non-hydrogen) atoms. The van der Waals surface area contributed by atoms with E-state index in [-0.39, 0.29) is 22.5 Å². The smallest absolute Gasteiger partial charge is 0.296 e. The molecule has 0 fully saturated rings. The van der Waals surface area contributed by atoms with Crippen LogP contribution in [0.25, 0.3) is 21.5 Å². The maximum atomic E-state index is 12.5. The monoisotopic (exact) mass is 1090 g/mol. The van der Waals surface area contributed by atoms with Crippen LogP contribution in [0.3, 0.4) is 0 Å². The summed E-state index contributed by atoms with van der Waals surface area (Å²) < 4.78 is 143. The molecular formula is C48H39N9O14S4. The average Bonchev–Trinajstić information content (AvgIpc) is 3.34. The van der Waals surface area contributed by atoms with Gasteiger partial charge in [-0.05, 0) is 140 Å². The second kappa shape index (κ2) is 20.6. The summed E-state index contributed by atoms with van der Waals surface area (Å²) in [4.78, 5) is -3.60. The van der Waals surface area contributed by atoms with E-state index < -0.39 is 88.0 Å². The molecule has 8 aromatic rings. The molecule has 0 aromatic heterocycles. The van der Waals surface area contributed by atoms with Crippen LogP contribution in [0, 0.1) is 20.8 Å². The zero-order valence-corrected chi connectivity index (χ0v) is 42.5. The Hall–Kier alpha value is -8.28. The van der Waals surface area contributed by atoms with E-state index in [1.165, 1.54) is 31.4 Å². The van der Waals surface area contributed by atoms with Crippen LogP contribution < -0.4 is 10.1 Å². The molecule has 0 aliphatic rings. The molecule has 0 aliphatic heterocycles. The lowest BCUT2D eigenvalue weighted by Crippen LogP contribution is -2.05. The van der Waals surface area contributed by atoms with Gasteiger partial charge in [0.1, 0.15) is 37.5 Å². The third-order valence-corrected chi connectivity index (χ3v) is 14.6. The van der Waals surface area contributed by atoms with Crippen molar-refractivity contribution in [2.45, 2.75) is 40.4 Å². The van der Waals surface area contributed by atoms with Gasteiger partial charge in [-0.2, -0.15) is 59.2 Å². The lowest BCUT2D eigenvalue weighted by Gasteiger charge is -2.12. The van der Waals surface area contributed by atoms with E-state index in [1.54, 1.807) is 69.3 Å². The van der Waals surface area contributed by atoms with Crippen LogP contribution in [-0.4, -0.2) is 64.1 Å². The van der Waals surface area contributed by atoms with Crippen molar-refractivity contribution in [2.24, 2.45) is 40.9 Å². The van der Waals surface area contributed by atoms with Gasteiger partial charge in [-0.1, -0.05) is 24.3 Å². The Balaban J connectivity index is 1.00. The number of aryl methyl sites for hydroxylation is 3. The third-order valence-electron chi connectivity index (χ3n) is 11.2. The molecule has 0 amide bonds. The highest BCUT2D eigenvalue weighted by atomic mass is 32.2. The van der Waals surface area contributed by atoms with Crippen molar-refractivity contribution in [2.75, 3.05) is 12.4 Å². The van der Waals surface area contributed by atoms with Crippen LogP contribution in [-0.2, 0) is 40.5 Å². The van der Waals surface area contributed by atoms with E-state index in [9.17, 15) is 57.0 Å². The first kappa shape index (κ1) is 53.0. The second-order valence-corrected chi connectivity index (χ2v) is 22.0. The maximum Gasteiger partial charge on any atom is 0.296 e. The standard InChI is InChI=1S/C48H39N9O14S4/c1-26-18-32(50-54-40-19-28(3)41(20-27(40)2)55-57-47-45(75(68,69)70)22-29-21-31(10-13-35(29)48(47)58)49-30-8-6-5-7-9-30)11-15-38(26)52-53-39-16-12-33(23-42(39)71-4)51-56-46-37-24-34(72(59,60)61)25-44(74(65,66)67)36(37)14-17-43(46)73(62,63)64/h5-25,49,58H,1-4H3,(H,59,60,61)(H,62,63,64)(H,65,66,67)(H,68,69,70). The summed E-state index contributed by atoms with van der Waals surface area (Å²) in [7, 11) is -18.9. The fourth-order valence-electron chi connectivity index (χ4n) is 7.48. The van der Waals surface area contributed by atoms with Gasteiger partial charge >= 0.3 is 0 Å². The van der Waals surface area contributed by atoms with Gasteiger partial charge in [-0.15, -0.1) is 15.3 Å². The predicted octanol–water partition coefficient (Wildman–Crippen LogP) is 13.0. The van der Waals surface area contributed by atoms with Gasteiger partial charge < -0.3 is 15.2 Å². The number of hydrogen-bond donors (Lipinski definition) is 6. The molecule has 27 heteroatoms. The van der Waals surface area contributed by atoms with Crippen molar-refractivity contribution in [3.63, 3.8) is 0 Å². The molecule has 0 heterocycles. The molecule has 0 aliphatic carbocycles. The van der Waals surface area contributed by atoms with Gasteiger partial charge in [-0.25, -0.2) is 0 Å². The first-order valence-electron chi connectivity index (χ1n) is 21.5. The summed E-state index contributed by atoms with van der Waals surface area (Å²) in [6.07, 6.45) is 0. The van der Waals surface area contributed by atoms with Gasteiger partial charge in [0.2, 0.25) is 0 Å². The molecule has 8 aromatic carbocycles. The predicted molar refractivity (Wildman–Crippen MR) is 275 cm³/mol. The van der Waals surface area contributed by atoms with Crippen LogP contribution in [0.2, 0.25) is 0 Å². The number of azo groups is 4. The van der Waals surface area contributed by atoms with Crippen LogP contribution in [0.5, 0.6) is 11.5 Å². The van der Waals surface area contributed by atoms with Crippen LogP contribution in [0.1, 0.15) is 16.7 Å². The van der Waals surface area contributed by atoms with Crippen molar-refractivity contribution < 1.29 is 61.7 Å². The number of hydrogen-bond acceptors (Lipinski definition) is 19. The minimum absolute atomic E-state index is 0.00260. The number of benzene rings is 8. The number of anilines is 2. The van der Waals surface area contributed by atoms with Gasteiger partial charge in [-0.3, -0.25) is 18.2 Å². The highest BCUT2D eigenvalue weighted by molar-refractivity contribution is 7.87. The second-order valence-electron chi connectivity index (χ2n) is 16.4. The molecular weight excluding hydrogens is 1050 g/mol. The molecule has 0 bridgehead atoms. The number of nitrogens with zero attached hydrogens (tertiary/aromatic N) is 8. The first-order chi connectivity index (χ1) is 35.3. The van der Waals surface area contributed by atoms with E-state index in [1.807, 2.05) is 30.3 Å². The van der Waals surface area contributed by atoms with Crippen LogP contribution in [0.15, 0.2) is 188 Å². The summed E-state index contributed by atoms with van der Waals surface area (Å²) in [6, 6.07) is 30.7. The van der Waals surface area contributed by atoms with Gasteiger partial charge in [0.05, 0.1) is 40.4 Å². The quantitative estimate of drug-likeness (QED) is 0.0410. The molecule has 0 spiro atoms. The van der Waals surface area contributed by atoms with Gasteiger partial charge in [0, 0.05) is 33.6 Å². The van der Waals surface area contributed by atoms with E-state index in [4.69, 9.17) is 4.74 Å². The first-order valence-corrected chi connectivity index (χ1v) is 27.2. The van der Waals surface area contributed by atoms with Crippen molar-refractivity contribution >= 4 is 119 Å². The maximum absolute atomic E-state index is 12.5. The zero-order chi connectivity index (χ0) is 54.2. The summed E-state index contributed by atoms with van der Waals surface area (Å²) in [5, 5.41) is 47.7. The summed E-state index contributed by atoms with van der Waals surface area (Å²) in [5.41, 5.74) is 3.95. The molecule has 0 atom stereocenters. The molecule has 6 N–H and O–H groups in total. The number of methoxy groups -OCH3 is 1. The van der Waals surface area contributed by atoms with Crippen molar-refractivity contribution in [1.29, 1.82) is 0 Å². The molecule has 0 saturated carbocycles. The highest BCUT2D eigenvalue weighted by Crippen LogP contribution is 2.44. The molecule has 0 unspecified atom stereocenters. The summed E-state index contributed by atoms with van der Waals surface area (Å²) in [5.74, 6) is -0.393. The van der Waals surface area contributed by atoms with E-state index in [2.05, 4.69) is 46.2 Å². The highest BCUT2D eigenvalue weighted by Gasteiger charge is 2.27. The normalized spacial score (nSPS) is 12.8. The Kier molecular flexibility index (Phi) is 14.5. The third kappa shape index (κ3) is 11.9. The Morgan fingerprint density at radius 1 is 0.427 bits per heavy atom. The molecule has 384 valence electrons. The Labute approximate surface area is 427 Å². The Bertz CT molecular complexity index is 4250. The zero-order valence-electron chi connectivity index (χ0n) is 39.2. The minimum Gasteiger partial charge on any atom is -0.505 e. The Morgan fingerprint density at radius 2 is 0.973 bits per heavy atom. The van der Waals surface area contributed by atoms with Gasteiger partial charge in [0.25, 0.3) is 40.5 Å². The average molecular weight is 1090 g/mol. The SMILES string of the molecule is COc1cc(N=Nc2c(S(=O)(=O)O)ccc3c(S(=O)(=O)O)cc(S(=O)(=O)O)cc23)ccc1N=Nc1ccc(N=Nc2cc(C)c(N=Nc3c(S(=O)(=O)O)cc4cc(Nc5ccccc5)ccc4c3O)cc2C)cc1C. The lowest BCUT2D eigenvalue weighted by atomic mass is 10.1. The fourth-order valence-corrected chi connectivity index (χ4v) is 10.1. The minimum atomic E-state index is -5.16. The lowest BCUT2D eigenvalue weighted by molar-refractivity contribution is 0.416. The summed E-state index contributed by atoms with van der Waals surface area (Å²) >= 11 is 0. The number of aromatic hydroxyl groups is 1. The van der Waals surface area contributed by atoms with Crippen molar-refractivity contribution in [1.82, 2.24) is 0 Å². The number of rotatable bonds is 15.